The van der Waals surface area contributed by atoms with E-state index >= 15 is 0 Å². The van der Waals surface area contributed by atoms with Gasteiger partial charge in [0.25, 0.3) is 0 Å². The molecule has 3 rings (SSSR count). The molecule has 16 heavy (non-hydrogen) atoms. The van der Waals surface area contributed by atoms with E-state index < -0.39 is 0 Å². The summed E-state index contributed by atoms with van der Waals surface area (Å²) in [6, 6.07) is 0. The van der Waals surface area contributed by atoms with E-state index in [1.807, 2.05) is 4.90 Å². The van der Waals surface area contributed by atoms with Crippen LogP contribution < -0.4 is 4.90 Å². The molecule has 0 unspecified atom stereocenters. The Balaban J connectivity index is 1.80. The average Bonchev–Trinajstić information content (AvgIpc) is 2.79. The second-order valence-electron chi connectivity index (χ2n) is 3.58. The van der Waals surface area contributed by atoms with Crippen LogP contribution in [-0.4, -0.2) is 54.9 Å². The maximum absolute atomic E-state index is 9.16. The molecule has 8 nitrogen and oxygen atoms in total. The lowest BCUT2D eigenvalue weighted by atomic mass is 10.2. The van der Waals surface area contributed by atoms with Crippen molar-refractivity contribution >= 4 is 5.95 Å². The van der Waals surface area contributed by atoms with Crippen molar-refractivity contribution in [3.63, 3.8) is 0 Å². The molecule has 2 N–H and O–H groups in total. The minimum absolute atomic E-state index is 0.262. The van der Waals surface area contributed by atoms with Crippen LogP contribution in [0.25, 0.3) is 11.4 Å². The zero-order chi connectivity index (χ0) is 11.0. The molecule has 3 heterocycles. The number of tetrazole rings is 1. The van der Waals surface area contributed by atoms with Crippen molar-refractivity contribution in [3.05, 3.63) is 12.4 Å². The molecule has 1 aliphatic heterocycles. The fraction of sp³-hybridized carbons (Fsp3) is 0.375. The van der Waals surface area contributed by atoms with E-state index in [9.17, 15) is 0 Å². The lowest BCUT2D eigenvalue weighted by Crippen LogP contribution is -2.51. The summed E-state index contributed by atoms with van der Waals surface area (Å²) in [5, 5.41) is 22.5. The normalized spacial score (nSPS) is 16.2. The van der Waals surface area contributed by atoms with Crippen LogP contribution in [0.4, 0.5) is 5.95 Å². The Morgan fingerprint density at radius 3 is 2.62 bits per heavy atom. The Bertz CT molecular complexity index is 462. The Labute approximate surface area is 90.3 Å². The number of hydrogen-bond donors (Lipinski definition) is 2. The Morgan fingerprint density at radius 1 is 1.31 bits per heavy atom. The van der Waals surface area contributed by atoms with Gasteiger partial charge in [-0.1, -0.05) is 0 Å². The van der Waals surface area contributed by atoms with Gasteiger partial charge in [-0.15, -0.1) is 5.10 Å². The monoisotopic (exact) mass is 219 g/mol. The maximum atomic E-state index is 9.16. The molecule has 0 radical (unpaired) electrons. The summed E-state index contributed by atoms with van der Waals surface area (Å²) in [6.45, 7) is 1.17. The summed E-state index contributed by atoms with van der Waals surface area (Å²) in [5.74, 6) is 1.15. The number of aromatic nitrogens is 6. The number of H-pyrrole nitrogens is 1. The number of rotatable bonds is 2. The Hall–Kier alpha value is -2.09. The van der Waals surface area contributed by atoms with Crippen LogP contribution in [0.5, 0.6) is 0 Å². The van der Waals surface area contributed by atoms with Crippen LogP contribution in [0, 0.1) is 0 Å². The number of aliphatic hydroxyl groups is 1. The van der Waals surface area contributed by atoms with Gasteiger partial charge in [0.1, 0.15) is 0 Å². The third kappa shape index (κ3) is 1.48. The van der Waals surface area contributed by atoms with Crippen molar-refractivity contribution in [3.8, 4) is 11.4 Å². The van der Waals surface area contributed by atoms with E-state index in [0.29, 0.717) is 24.9 Å². The van der Waals surface area contributed by atoms with E-state index in [2.05, 4.69) is 30.6 Å². The van der Waals surface area contributed by atoms with Crippen LogP contribution in [0.15, 0.2) is 12.4 Å². The van der Waals surface area contributed by atoms with Gasteiger partial charge in [0.05, 0.1) is 11.7 Å². The van der Waals surface area contributed by atoms with E-state index in [1.165, 1.54) is 0 Å². The standard InChI is InChI=1S/C8H9N7O/c16-6-3-15(4-6)8-9-1-5(2-10-8)7-11-13-14-12-7/h1-2,6,16H,3-4H2,(H,11,12,13,14). The van der Waals surface area contributed by atoms with Crippen LogP contribution in [0.3, 0.4) is 0 Å². The van der Waals surface area contributed by atoms with Crippen molar-refractivity contribution in [2.45, 2.75) is 6.10 Å². The molecule has 1 aliphatic rings. The molecule has 82 valence electrons. The number of nitrogens with one attached hydrogen (secondary N) is 1. The lowest BCUT2D eigenvalue weighted by Gasteiger charge is -2.35. The minimum atomic E-state index is -0.262. The highest BCUT2D eigenvalue weighted by molar-refractivity contribution is 5.52. The Morgan fingerprint density at radius 2 is 2.06 bits per heavy atom. The van der Waals surface area contributed by atoms with Crippen molar-refractivity contribution in [1.82, 2.24) is 30.6 Å². The Kier molecular flexibility index (Phi) is 2.00. The SMILES string of the molecule is OC1CN(c2ncc(-c3nnn[nH]3)cn2)C1. The van der Waals surface area contributed by atoms with Crippen molar-refractivity contribution in [1.29, 1.82) is 0 Å². The fourth-order valence-electron chi connectivity index (χ4n) is 1.51. The van der Waals surface area contributed by atoms with Crippen molar-refractivity contribution < 1.29 is 5.11 Å². The molecule has 0 atom stereocenters. The minimum Gasteiger partial charge on any atom is -0.389 e. The number of anilines is 1. The van der Waals surface area contributed by atoms with Gasteiger partial charge < -0.3 is 10.0 Å². The quantitative estimate of drug-likeness (QED) is 0.656. The summed E-state index contributed by atoms with van der Waals surface area (Å²) in [4.78, 5) is 10.3. The van der Waals surface area contributed by atoms with Gasteiger partial charge >= 0.3 is 0 Å². The highest BCUT2D eigenvalue weighted by atomic mass is 16.3. The average molecular weight is 219 g/mol. The molecule has 2 aromatic heterocycles. The van der Waals surface area contributed by atoms with E-state index in [-0.39, 0.29) is 6.10 Å². The lowest BCUT2D eigenvalue weighted by molar-refractivity contribution is 0.140. The van der Waals surface area contributed by atoms with Gasteiger partial charge in [0.2, 0.25) is 5.95 Å². The molecule has 2 aromatic rings. The van der Waals surface area contributed by atoms with Gasteiger partial charge in [-0.2, -0.15) is 0 Å². The molecular formula is C8H9N7O. The largest absolute Gasteiger partial charge is 0.389 e. The molecule has 8 heteroatoms. The zero-order valence-electron chi connectivity index (χ0n) is 8.28. The van der Waals surface area contributed by atoms with E-state index in [1.54, 1.807) is 12.4 Å². The first kappa shape index (κ1) is 9.16. The second kappa shape index (κ2) is 3.49. The summed E-state index contributed by atoms with van der Waals surface area (Å²) < 4.78 is 0. The molecule has 0 amide bonds. The summed E-state index contributed by atoms with van der Waals surface area (Å²) >= 11 is 0. The molecule has 0 spiro atoms. The van der Waals surface area contributed by atoms with Gasteiger partial charge in [-0.05, 0) is 10.4 Å². The predicted octanol–water partition coefficient (Wildman–Crippen LogP) is -1.16. The summed E-state index contributed by atoms with van der Waals surface area (Å²) in [7, 11) is 0. The maximum Gasteiger partial charge on any atom is 0.225 e. The molecule has 1 saturated heterocycles. The van der Waals surface area contributed by atoms with Crippen LogP contribution in [0.2, 0.25) is 0 Å². The molecule has 0 aliphatic carbocycles. The fourth-order valence-corrected chi connectivity index (χ4v) is 1.51. The smallest absolute Gasteiger partial charge is 0.225 e. The first-order valence-corrected chi connectivity index (χ1v) is 4.82. The highest BCUT2D eigenvalue weighted by Gasteiger charge is 2.26. The van der Waals surface area contributed by atoms with Crippen LogP contribution in [0.1, 0.15) is 0 Å². The molecule has 0 saturated carbocycles. The number of aromatic amines is 1. The zero-order valence-corrected chi connectivity index (χ0v) is 8.28. The number of β-amino-alcohol motifs (C(OH)–C–C–N with tert-alkyl or cyclic N) is 1. The van der Waals surface area contributed by atoms with Crippen LogP contribution in [-0.2, 0) is 0 Å². The van der Waals surface area contributed by atoms with Gasteiger partial charge in [-0.25, -0.2) is 15.1 Å². The third-order valence-electron chi connectivity index (χ3n) is 2.40. The molecular weight excluding hydrogens is 210 g/mol. The predicted molar refractivity (Wildman–Crippen MR) is 53.4 cm³/mol. The van der Waals surface area contributed by atoms with E-state index in [4.69, 9.17) is 5.11 Å². The highest BCUT2D eigenvalue weighted by Crippen LogP contribution is 2.17. The molecule has 1 fully saturated rings. The topological polar surface area (TPSA) is 104 Å². The summed E-state index contributed by atoms with van der Waals surface area (Å²) in [6.07, 6.45) is 3.03. The second-order valence-corrected chi connectivity index (χ2v) is 3.58. The van der Waals surface area contributed by atoms with E-state index in [0.717, 1.165) is 5.56 Å². The summed E-state index contributed by atoms with van der Waals surface area (Å²) in [5.41, 5.74) is 0.731. The third-order valence-corrected chi connectivity index (χ3v) is 2.40. The molecule has 0 aromatic carbocycles. The first-order chi connectivity index (χ1) is 7.83. The van der Waals surface area contributed by atoms with Gasteiger partial charge in [0.15, 0.2) is 5.82 Å². The number of hydrogen-bond acceptors (Lipinski definition) is 7. The van der Waals surface area contributed by atoms with Gasteiger partial charge in [0, 0.05) is 25.5 Å². The molecule has 0 bridgehead atoms. The van der Waals surface area contributed by atoms with Crippen molar-refractivity contribution in [2.24, 2.45) is 0 Å². The first-order valence-electron chi connectivity index (χ1n) is 4.82. The number of aliphatic hydroxyl groups excluding tert-OH is 1. The van der Waals surface area contributed by atoms with Crippen molar-refractivity contribution in [2.75, 3.05) is 18.0 Å². The van der Waals surface area contributed by atoms with Gasteiger partial charge in [-0.3, -0.25) is 0 Å². The van der Waals surface area contributed by atoms with Crippen LogP contribution >= 0.6 is 0 Å². The number of nitrogens with zero attached hydrogens (tertiary/aromatic N) is 6.